The van der Waals surface area contributed by atoms with Crippen molar-refractivity contribution < 1.29 is 0 Å². The van der Waals surface area contributed by atoms with E-state index in [1.807, 2.05) is 36.2 Å². The molecule has 0 aliphatic heterocycles. The molecule has 0 atom stereocenters. The Morgan fingerprint density at radius 2 is 2.22 bits per heavy atom. The van der Waals surface area contributed by atoms with Crippen molar-refractivity contribution in [2.45, 2.75) is 17.6 Å². The highest BCUT2D eigenvalue weighted by molar-refractivity contribution is 8.00. The summed E-state index contributed by atoms with van der Waals surface area (Å²) in [7, 11) is 0. The van der Waals surface area contributed by atoms with Gasteiger partial charge in [0, 0.05) is 28.6 Å². The van der Waals surface area contributed by atoms with Crippen LogP contribution in [-0.2, 0) is 0 Å². The van der Waals surface area contributed by atoms with Crippen molar-refractivity contribution in [3.63, 3.8) is 0 Å². The van der Waals surface area contributed by atoms with Gasteiger partial charge in [-0.3, -0.25) is 4.98 Å². The summed E-state index contributed by atoms with van der Waals surface area (Å²) in [6.07, 6.45) is 6.63. The van der Waals surface area contributed by atoms with Crippen LogP contribution in [0, 0.1) is 0 Å². The smallest absolute Gasteiger partial charge is 0.0951 e. The molecule has 1 aliphatic carbocycles. The Kier molecular flexibility index (Phi) is 2.82. The minimum absolute atomic E-state index is 0.454. The van der Waals surface area contributed by atoms with Crippen LogP contribution >= 0.6 is 11.8 Å². The molecule has 3 N–H and O–H groups in total. The van der Waals surface area contributed by atoms with Gasteiger partial charge in [0.2, 0.25) is 0 Å². The summed E-state index contributed by atoms with van der Waals surface area (Å²) < 4.78 is 0.454. The van der Waals surface area contributed by atoms with E-state index in [-0.39, 0.29) is 0 Å². The number of fused-ring (bicyclic) bond motifs is 1. The topological polar surface area (TPSA) is 50.9 Å². The van der Waals surface area contributed by atoms with Gasteiger partial charge in [0.05, 0.1) is 11.2 Å². The molecule has 18 heavy (non-hydrogen) atoms. The average molecular weight is 259 g/mol. The van der Waals surface area contributed by atoms with Crippen LogP contribution in [0.25, 0.3) is 10.9 Å². The standard InChI is InChI=1S/C14H17N3S/c1-18-14(6-7-14)9-17-12-5-8-16-13-10(12)3-2-4-11(13)15/h2-5,8H,6-7,9,15H2,1H3,(H,16,17). The highest BCUT2D eigenvalue weighted by Gasteiger charge is 2.41. The molecule has 3 rings (SSSR count). The minimum atomic E-state index is 0.454. The number of nitrogen functional groups attached to an aromatic ring is 1. The summed E-state index contributed by atoms with van der Waals surface area (Å²) in [5, 5.41) is 4.66. The summed E-state index contributed by atoms with van der Waals surface area (Å²) in [6.45, 7) is 1.02. The first-order valence-corrected chi connectivity index (χ1v) is 7.39. The third-order valence-corrected chi connectivity index (χ3v) is 5.06. The van der Waals surface area contributed by atoms with Crippen molar-refractivity contribution in [1.29, 1.82) is 0 Å². The van der Waals surface area contributed by atoms with Crippen LogP contribution in [0.15, 0.2) is 30.5 Å². The van der Waals surface area contributed by atoms with Gasteiger partial charge in [0.15, 0.2) is 0 Å². The molecule has 1 fully saturated rings. The molecule has 3 nitrogen and oxygen atoms in total. The normalized spacial score (nSPS) is 16.7. The first-order valence-electron chi connectivity index (χ1n) is 6.16. The van der Waals surface area contributed by atoms with E-state index in [0.29, 0.717) is 4.75 Å². The average Bonchev–Trinajstić information content (AvgIpc) is 3.18. The Morgan fingerprint density at radius 1 is 1.39 bits per heavy atom. The molecule has 0 radical (unpaired) electrons. The first-order chi connectivity index (χ1) is 8.74. The number of benzene rings is 1. The number of nitrogens with two attached hydrogens (primary N) is 1. The van der Waals surface area contributed by atoms with Crippen molar-refractivity contribution in [2.75, 3.05) is 23.9 Å². The van der Waals surface area contributed by atoms with Gasteiger partial charge in [-0.05, 0) is 31.2 Å². The molecule has 1 aromatic carbocycles. The lowest BCUT2D eigenvalue weighted by Gasteiger charge is -2.15. The van der Waals surface area contributed by atoms with E-state index >= 15 is 0 Å². The summed E-state index contributed by atoms with van der Waals surface area (Å²) in [6, 6.07) is 7.97. The monoisotopic (exact) mass is 259 g/mol. The number of hydrogen-bond donors (Lipinski definition) is 2. The molecule has 1 heterocycles. The fraction of sp³-hybridized carbons (Fsp3) is 0.357. The van der Waals surface area contributed by atoms with Gasteiger partial charge in [-0.15, -0.1) is 0 Å². The van der Waals surface area contributed by atoms with Gasteiger partial charge in [0.1, 0.15) is 0 Å². The van der Waals surface area contributed by atoms with Crippen molar-refractivity contribution in [3.8, 4) is 0 Å². The summed E-state index contributed by atoms with van der Waals surface area (Å²) in [5.74, 6) is 0. The van der Waals surface area contributed by atoms with Crippen LogP contribution in [0.1, 0.15) is 12.8 Å². The fourth-order valence-electron chi connectivity index (χ4n) is 2.20. The highest BCUT2D eigenvalue weighted by Crippen LogP contribution is 2.47. The van der Waals surface area contributed by atoms with Gasteiger partial charge in [-0.2, -0.15) is 11.8 Å². The molecule has 0 amide bonds. The number of nitrogens with one attached hydrogen (secondary N) is 1. The van der Waals surface area contributed by atoms with Gasteiger partial charge >= 0.3 is 0 Å². The molecule has 2 aromatic rings. The summed E-state index contributed by atoms with van der Waals surface area (Å²) in [5.41, 5.74) is 8.71. The predicted molar refractivity (Wildman–Crippen MR) is 80.1 cm³/mol. The number of hydrogen-bond acceptors (Lipinski definition) is 4. The van der Waals surface area contributed by atoms with E-state index in [4.69, 9.17) is 5.73 Å². The van der Waals surface area contributed by atoms with E-state index in [0.717, 1.165) is 28.8 Å². The maximum atomic E-state index is 5.95. The minimum Gasteiger partial charge on any atom is -0.397 e. The second-order valence-corrected chi connectivity index (χ2v) is 6.12. The molecule has 0 bridgehead atoms. The first kappa shape index (κ1) is 11.7. The van der Waals surface area contributed by atoms with E-state index in [1.54, 1.807) is 0 Å². The Bertz CT molecular complexity index is 578. The number of aromatic nitrogens is 1. The largest absolute Gasteiger partial charge is 0.397 e. The number of para-hydroxylation sites is 1. The van der Waals surface area contributed by atoms with Crippen LogP contribution in [0.3, 0.4) is 0 Å². The molecule has 0 saturated heterocycles. The summed E-state index contributed by atoms with van der Waals surface area (Å²) in [4.78, 5) is 4.35. The zero-order valence-electron chi connectivity index (χ0n) is 10.4. The van der Waals surface area contributed by atoms with Crippen LogP contribution in [0.2, 0.25) is 0 Å². The Morgan fingerprint density at radius 3 is 2.94 bits per heavy atom. The lowest BCUT2D eigenvalue weighted by Crippen LogP contribution is -2.17. The Hall–Kier alpha value is -1.42. The van der Waals surface area contributed by atoms with E-state index in [9.17, 15) is 0 Å². The predicted octanol–water partition coefficient (Wildman–Crippen LogP) is 3.12. The van der Waals surface area contributed by atoms with E-state index < -0.39 is 0 Å². The molecule has 94 valence electrons. The number of rotatable bonds is 4. The van der Waals surface area contributed by atoms with Crippen molar-refractivity contribution in [1.82, 2.24) is 4.98 Å². The fourth-order valence-corrected chi connectivity index (χ4v) is 2.93. The Labute approximate surface area is 111 Å². The van der Waals surface area contributed by atoms with Gasteiger partial charge in [-0.1, -0.05) is 12.1 Å². The van der Waals surface area contributed by atoms with Crippen LogP contribution in [0.4, 0.5) is 11.4 Å². The van der Waals surface area contributed by atoms with Crippen LogP contribution in [0.5, 0.6) is 0 Å². The number of pyridine rings is 1. The van der Waals surface area contributed by atoms with Crippen molar-refractivity contribution in [3.05, 3.63) is 30.5 Å². The van der Waals surface area contributed by atoms with Crippen molar-refractivity contribution >= 4 is 34.0 Å². The second-order valence-electron chi connectivity index (χ2n) is 4.84. The number of thioether (sulfide) groups is 1. The lowest BCUT2D eigenvalue weighted by molar-refractivity contribution is 0.950. The van der Waals surface area contributed by atoms with Crippen LogP contribution in [-0.4, -0.2) is 22.5 Å². The second kappa shape index (κ2) is 4.35. The third-order valence-electron chi connectivity index (χ3n) is 3.64. The Balaban J connectivity index is 1.90. The molecule has 1 aliphatic rings. The highest BCUT2D eigenvalue weighted by atomic mass is 32.2. The molecule has 1 saturated carbocycles. The quantitative estimate of drug-likeness (QED) is 0.828. The molecular weight excluding hydrogens is 242 g/mol. The molecule has 1 aromatic heterocycles. The van der Waals surface area contributed by atoms with Gasteiger partial charge in [-0.25, -0.2) is 0 Å². The van der Waals surface area contributed by atoms with Gasteiger partial charge < -0.3 is 11.1 Å². The van der Waals surface area contributed by atoms with Crippen LogP contribution < -0.4 is 11.1 Å². The SMILES string of the molecule is CSC1(CNc2ccnc3c(N)cccc23)CC1. The molecule has 4 heteroatoms. The third kappa shape index (κ3) is 2.01. The molecule has 0 spiro atoms. The maximum Gasteiger partial charge on any atom is 0.0951 e. The van der Waals surface area contributed by atoms with E-state index in [1.165, 1.54) is 12.8 Å². The van der Waals surface area contributed by atoms with Crippen molar-refractivity contribution in [2.24, 2.45) is 0 Å². The zero-order chi connectivity index (χ0) is 12.6. The zero-order valence-corrected chi connectivity index (χ0v) is 11.3. The number of anilines is 2. The lowest BCUT2D eigenvalue weighted by atomic mass is 10.1. The maximum absolute atomic E-state index is 5.95. The molecular formula is C14H17N3S. The summed E-state index contributed by atoms with van der Waals surface area (Å²) >= 11 is 1.96. The van der Waals surface area contributed by atoms with E-state index in [2.05, 4.69) is 22.6 Å². The van der Waals surface area contributed by atoms with Gasteiger partial charge in [0.25, 0.3) is 0 Å². The number of nitrogens with zero attached hydrogens (tertiary/aromatic N) is 1. The molecule has 0 unspecified atom stereocenters.